The van der Waals surface area contributed by atoms with Gasteiger partial charge in [0.1, 0.15) is 0 Å². The van der Waals surface area contributed by atoms with Gasteiger partial charge in [0, 0.05) is 23.5 Å². The van der Waals surface area contributed by atoms with Crippen LogP contribution >= 0.6 is 0 Å². The Balaban J connectivity index is 1.96. The van der Waals surface area contributed by atoms with Gasteiger partial charge < -0.3 is 4.57 Å². The van der Waals surface area contributed by atoms with Gasteiger partial charge in [-0.1, -0.05) is 18.2 Å². The molecule has 0 saturated heterocycles. The van der Waals surface area contributed by atoms with Crippen LogP contribution in [0.1, 0.15) is 21.7 Å². The van der Waals surface area contributed by atoms with Crippen LogP contribution in [0.2, 0.25) is 0 Å². The zero-order valence-corrected chi connectivity index (χ0v) is 13.8. The number of ketones is 1. The number of benzene rings is 1. The fourth-order valence-electron chi connectivity index (χ4n) is 2.95. The van der Waals surface area contributed by atoms with E-state index >= 15 is 0 Å². The van der Waals surface area contributed by atoms with Crippen molar-refractivity contribution in [3.63, 3.8) is 0 Å². The molecule has 0 atom stereocenters. The van der Waals surface area contributed by atoms with E-state index in [2.05, 4.69) is 11.6 Å². The summed E-state index contributed by atoms with van der Waals surface area (Å²) in [5, 5.41) is 0.518. The van der Waals surface area contributed by atoms with E-state index in [1.165, 1.54) is 10.9 Å². The molecule has 0 aliphatic rings. The normalized spacial score (nSPS) is 10.9. The highest BCUT2D eigenvalue weighted by molar-refractivity contribution is 5.97. The van der Waals surface area contributed by atoms with E-state index in [9.17, 15) is 9.59 Å². The Morgan fingerprint density at radius 1 is 1.29 bits per heavy atom. The second-order valence-electron chi connectivity index (χ2n) is 5.80. The number of aryl methyl sites for hydroxylation is 1. The molecule has 5 heteroatoms. The minimum absolute atomic E-state index is 0.0188. The smallest absolute Gasteiger partial charge is 0.261 e. The van der Waals surface area contributed by atoms with E-state index in [1.807, 2.05) is 30.5 Å². The van der Waals surface area contributed by atoms with E-state index in [4.69, 9.17) is 0 Å². The van der Waals surface area contributed by atoms with Gasteiger partial charge in [-0.3, -0.25) is 14.2 Å². The summed E-state index contributed by atoms with van der Waals surface area (Å²) in [6.07, 6.45) is 3.23. The summed E-state index contributed by atoms with van der Waals surface area (Å²) in [5.74, 6) is -0.0995. The topological polar surface area (TPSA) is 56.9 Å². The maximum absolute atomic E-state index is 12.7. The van der Waals surface area contributed by atoms with Crippen LogP contribution in [0.4, 0.5) is 0 Å². The van der Waals surface area contributed by atoms with Crippen molar-refractivity contribution in [2.24, 2.45) is 0 Å². The zero-order chi connectivity index (χ0) is 17.3. The molecule has 2 aromatic heterocycles. The standard InChI is InChI=1S/C19H19N3O2/c1-4-9-22-13(2)10-16(14(22)3)18(23)11-21-12-20-17-8-6-5-7-15(17)19(21)24/h4-8,10,12H,1,9,11H2,2-3H3. The van der Waals surface area contributed by atoms with Gasteiger partial charge in [0.25, 0.3) is 5.56 Å². The summed E-state index contributed by atoms with van der Waals surface area (Å²) in [6.45, 7) is 8.24. The molecule has 0 radical (unpaired) electrons. The summed E-state index contributed by atoms with van der Waals surface area (Å²) in [5.41, 5.74) is 2.96. The third-order valence-electron chi connectivity index (χ3n) is 4.23. The number of carbonyl (C=O) groups excluding carboxylic acids is 1. The summed E-state index contributed by atoms with van der Waals surface area (Å²) < 4.78 is 3.39. The summed E-state index contributed by atoms with van der Waals surface area (Å²) in [7, 11) is 0. The fourth-order valence-corrected chi connectivity index (χ4v) is 2.95. The van der Waals surface area contributed by atoms with E-state index in [1.54, 1.807) is 24.3 Å². The largest absolute Gasteiger partial charge is 0.345 e. The molecule has 0 amide bonds. The molecule has 0 spiro atoms. The maximum atomic E-state index is 12.7. The lowest BCUT2D eigenvalue weighted by Crippen LogP contribution is -2.24. The van der Waals surface area contributed by atoms with Crippen molar-refractivity contribution in [1.29, 1.82) is 0 Å². The molecule has 5 nitrogen and oxygen atoms in total. The molecule has 0 aliphatic heterocycles. The van der Waals surface area contributed by atoms with E-state index in [0.717, 1.165) is 11.4 Å². The Labute approximate surface area is 139 Å². The average Bonchev–Trinajstić information content (AvgIpc) is 2.86. The number of para-hydroxylation sites is 1. The maximum Gasteiger partial charge on any atom is 0.261 e. The quantitative estimate of drug-likeness (QED) is 0.536. The first-order valence-electron chi connectivity index (χ1n) is 7.78. The number of allylic oxidation sites excluding steroid dienone is 1. The molecule has 24 heavy (non-hydrogen) atoms. The molecule has 0 unspecified atom stereocenters. The van der Waals surface area contributed by atoms with Crippen LogP contribution in [0.5, 0.6) is 0 Å². The first kappa shape index (κ1) is 15.9. The monoisotopic (exact) mass is 321 g/mol. The Hall–Kier alpha value is -2.95. The molecule has 0 aliphatic carbocycles. The van der Waals surface area contributed by atoms with Gasteiger partial charge >= 0.3 is 0 Å². The number of hydrogen-bond acceptors (Lipinski definition) is 3. The molecule has 2 heterocycles. The Morgan fingerprint density at radius 3 is 2.79 bits per heavy atom. The van der Waals surface area contributed by atoms with Crippen molar-refractivity contribution in [1.82, 2.24) is 14.1 Å². The lowest BCUT2D eigenvalue weighted by molar-refractivity contribution is 0.0970. The fraction of sp³-hybridized carbons (Fsp3) is 0.211. The summed E-state index contributed by atoms with van der Waals surface area (Å²) >= 11 is 0. The van der Waals surface area contributed by atoms with Crippen molar-refractivity contribution < 1.29 is 4.79 Å². The molecule has 3 rings (SSSR count). The number of hydrogen-bond donors (Lipinski definition) is 0. The van der Waals surface area contributed by atoms with Gasteiger partial charge in [-0.05, 0) is 32.0 Å². The number of rotatable bonds is 5. The van der Waals surface area contributed by atoms with Crippen LogP contribution in [0.3, 0.4) is 0 Å². The first-order chi connectivity index (χ1) is 11.5. The zero-order valence-electron chi connectivity index (χ0n) is 13.8. The van der Waals surface area contributed by atoms with Crippen molar-refractivity contribution in [2.45, 2.75) is 26.9 Å². The average molecular weight is 321 g/mol. The molecular formula is C19H19N3O2. The number of carbonyl (C=O) groups is 1. The summed E-state index contributed by atoms with van der Waals surface area (Å²) in [4.78, 5) is 29.4. The van der Waals surface area contributed by atoms with Crippen LogP contribution in [-0.2, 0) is 13.1 Å². The lowest BCUT2D eigenvalue weighted by Gasteiger charge is -2.08. The van der Waals surface area contributed by atoms with Gasteiger partial charge in [0.2, 0.25) is 0 Å². The second-order valence-corrected chi connectivity index (χ2v) is 5.80. The predicted molar refractivity (Wildman–Crippen MR) is 94.4 cm³/mol. The highest BCUT2D eigenvalue weighted by atomic mass is 16.1. The van der Waals surface area contributed by atoms with Crippen LogP contribution in [0.15, 0.2) is 54.1 Å². The molecule has 0 saturated carbocycles. The molecule has 0 bridgehead atoms. The lowest BCUT2D eigenvalue weighted by atomic mass is 10.1. The minimum atomic E-state index is -0.200. The van der Waals surface area contributed by atoms with Gasteiger partial charge in [-0.15, -0.1) is 6.58 Å². The van der Waals surface area contributed by atoms with E-state index in [0.29, 0.717) is 23.0 Å². The molecule has 0 fully saturated rings. The molecule has 0 N–H and O–H groups in total. The Kier molecular flexibility index (Phi) is 4.16. The highest BCUT2D eigenvalue weighted by Crippen LogP contribution is 2.16. The highest BCUT2D eigenvalue weighted by Gasteiger charge is 2.16. The van der Waals surface area contributed by atoms with Gasteiger partial charge in [-0.2, -0.15) is 0 Å². The van der Waals surface area contributed by atoms with Crippen molar-refractivity contribution >= 4 is 16.7 Å². The molecule has 1 aromatic carbocycles. The number of fused-ring (bicyclic) bond motifs is 1. The van der Waals surface area contributed by atoms with Crippen LogP contribution < -0.4 is 5.56 Å². The molecule has 3 aromatic rings. The Morgan fingerprint density at radius 2 is 2.04 bits per heavy atom. The van der Waals surface area contributed by atoms with E-state index in [-0.39, 0.29) is 17.9 Å². The van der Waals surface area contributed by atoms with Crippen LogP contribution in [0, 0.1) is 13.8 Å². The van der Waals surface area contributed by atoms with Gasteiger partial charge in [0.05, 0.1) is 23.8 Å². The van der Waals surface area contributed by atoms with Crippen molar-refractivity contribution in [3.05, 3.63) is 76.6 Å². The van der Waals surface area contributed by atoms with Crippen molar-refractivity contribution in [3.8, 4) is 0 Å². The second kappa shape index (κ2) is 6.28. The first-order valence-corrected chi connectivity index (χ1v) is 7.78. The Bertz CT molecular complexity index is 996. The van der Waals surface area contributed by atoms with Crippen LogP contribution in [-0.4, -0.2) is 19.9 Å². The minimum Gasteiger partial charge on any atom is -0.345 e. The summed E-state index contributed by atoms with van der Waals surface area (Å²) in [6, 6.07) is 8.99. The third kappa shape index (κ3) is 2.69. The molecular weight excluding hydrogens is 302 g/mol. The van der Waals surface area contributed by atoms with Crippen LogP contribution in [0.25, 0.3) is 10.9 Å². The number of Topliss-reactive ketones (excluding diaryl/α,β-unsaturated/α-hetero) is 1. The van der Waals surface area contributed by atoms with E-state index < -0.39 is 0 Å². The SMILES string of the molecule is C=CCn1c(C)cc(C(=O)Cn2cnc3ccccc3c2=O)c1C. The third-order valence-corrected chi connectivity index (χ3v) is 4.23. The number of nitrogens with zero attached hydrogens (tertiary/aromatic N) is 3. The van der Waals surface area contributed by atoms with Crippen molar-refractivity contribution in [2.75, 3.05) is 0 Å². The van der Waals surface area contributed by atoms with Gasteiger partial charge in [-0.25, -0.2) is 4.98 Å². The number of aromatic nitrogens is 3. The molecule has 122 valence electrons. The van der Waals surface area contributed by atoms with Gasteiger partial charge in [0.15, 0.2) is 5.78 Å². The predicted octanol–water partition coefficient (Wildman–Crippen LogP) is 2.88.